The highest BCUT2D eigenvalue weighted by Crippen LogP contribution is 2.35. The highest BCUT2D eigenvalue weighted by atomic mass is 32.2. The number of fused-ring (bicyclic) bond motifs is 1. The second kappa shape index (κ2) is 3.97. The van der Waals surface area contributed by atoms with Crippen molar-refractivity contribution in [2.75, 3.05) is 0 Å². The van der Waals surface area contributed by atoms with Crippen molar-refractivity contribution < 1.29 is 4.21 Å². The Morgan fingerprint density at radius 3 is 2.50 bits per heavy atom. The summed E-state index contributed by atoms with van der Waals surface area (Å²) in [5.41, 5.74) is 8.63. The molecule has 3 atom stereocenters. The van der Waals surface area contributed by atoms with E-state index in [1.165, 1.54) is 11.1 Å². The Labute approximate surface area is 99.7 Å². The molecular formula is C13H19NOS. The summed E-state index contributed by atoms with van der Waals surface area (Å²) >= 11 is 0. The van der Waals surface area contributed by atoms with Gasteiger partial charge in [-0.3, -0.25) is 4.21 Å². The van der Waals surface area contributed by atoms with Crippen LogP contribution in [0.2, 0.25) is 0 Å². The first kappa shape index (κ1) is 11.8. The Kier molecular flexibility index (Phi) is 2.93. The van der Waals surface area contributed by atoms with Crippen LogP contribution < -0.4 is 5.73 Å². The van der Waals surface area contributed by atoms with E-state index >= 15 is 0 Å². The Bertz CT molecular complexity index is 422. The molecule has 1 aliphatic rings. The average Bonchev–Trinajstić information content (AvgIpc) is 2.54. The maximum Gasteiger partial charge on any atom is 0.0586 e. The summed E-state index contributed by atoms with van der Waals surface area (Å²) in [5.74, 6) is 0. The van der Waals surface area contributed by atoms with Crippen LogP contribution in [0.1, 0.15) is 37.9 Å². The van der Waals surface area contributed by atoms with Gasteiger partial charge in [-0.15, -0.1) is 0 Å². The highest BCUT2D eigenvalue weighted by molar-refractivity contribution is 7.87. The lowest BCUT2D eigenvalue weighted by Crippen LogP contribution is -2.36. The van der Waals surface area contributed by atoms with Crippen molar-refractivity contribution in [1.82, 2.24) is 0 Å². The minimum atomic E-state index is -0.894. The summed E-state index contributed by atoms with van der Waals surface area (Å²) in [6.45, 7) is 6.04. The molecule has 1 aliphatic carbocycles. The van der Waals surface area contributed by atoms with E-state index in [4.69, 9.17) is 5.73 Å². The van der Waals surface area contributed by atoms with Crippen molar-refractivity contribution in [2.45, 2.75) is 43.2 Å². The lowest BCUT2D eigenvalue weighted by atomic mass is 10.1. The van der Waals surface area contributed by atoms with Crippen LogP contribution in [0.25, 0.3) is 0 Å². The lowest BCUT2D eigenvalue weighted by Gasteiger charge is -2.25. The van der Waals surface area contributed by atoms with Crippen molar-refractivity contribution >= 4 is 10.8 Å². The van der Waals surface area contributed by atoms with Gasteiger partial charge < -0.3 is 5.73 Å². The minimum Gasteiger partial charge on any atom is -0.323 e. The van der Waals surface area contributed by atoms with Crippen molar-refractivity contribution in [3.8, 4) is 0 Å². The van der Waals surface area contributed by atoms with Gasteiger partial charge in [0, 0.05) is 21.6 Å². The van der Waals surface area contributed by atoms with E-state index in [1.807, 2.05) is 32.9 Å². The molecule has 0 radical (unpaired) electrons. The maximum absolute atomic E-state index is 12.4. The molecule has 88 valence electrons. The van der Waals surface area contributed by atoms with Crippen molar-refractivity contribution in [3.05, 3.63) is 35.4 Å². The van der Waals surface area contributed by atoms with Crippen LogP contribution >= 0.6 is 0 Å². The molecule has 0 heterocycles. The quantitative estimate of drug-likeness (QED) is 0.813. The molecule has 0 fully saturated rings. The van der Waals surface area contributed by atoms with Gasteiger partial charge >= 0.3 is 0 Å². The van der Waals surface area contributed by atoms with Crippen LogP contribution in [0.4, 0.5) is 0 Å². The van der Waals surface area contributed by atoms with E-state index in [0.29, 0.717) is 0 Å². The van der Waals surface area contributed by atoms with Crippen LogP contribution in [0, 0.1) is 0 Å². The molecule has 0 aromatic heterocycles. The Morgan fingerprint density at radius 2 is 1.94 bits per heavy atom. The Hall–Kier alpha value is -0.670. The number of benzene rings is 1. The summed E-state index contributed by atoms with van der Waals surface area (Å²) < 4.78 is 12.2. The molecule has 16 heavy (non-hydrogen) atoms. The Balaban J connectivity index is 2.29. The van der Waals surface area contributed by atoms with E-state index in [-0.39, 0.29) is 16.0 Å². The average molecular weight is 237 g/mol. The molecule has 0 saturated carbocycles. The van der Waals surface area contributed by atoms with Gasteiger partial charge in [0.05, 0.1) is 5.25 Å². The van der Waals surface area contributed by atoms with Crippen LogP contribution in [-0.4, -0.2) is 14.2 Å². The third-order valence-electron chi connectivity index (χ3n) is 3.11. The highest BCUT2D eigenvalue weighted by Gasteiger charge is 2.38. The largest absolute Gasteiger partial charge is 0.323 e. The van der Waals surface area contributed by atoms with Gasteiger partial charge in [0.15, 0.2) is 0 Å². The minimum absolute atomic E-state index is 0.0670. The van der Waals surface area contributed by atoms with Crippen LogP contribution in [0.15, 0.2) is 24.3 Å². The molecule has 2 nitrogen and oxygen atoms in total. The van der Waals surface area contributed by atoms with E-state index in [0.717, 1.165) is 6.42 Å². The fourth-order valence-corrected chi connectivity index (χ4v) is 3.90. The standard InChI is InChI=1S/C13H19NOS/c1-13(2,3)16(15)11-8-9-6-4-5-7-10(9)12(11)14/h4-7,11-12H,8,14H2,1-3H3. The van der Waals surface area contributed by atoms with E-state index < -0.39 is 10.8 Å². The smallest absolute Gasteiger partial charge is 0.0586 e. The zero-order chi connectivity index (χ0) is 11.9. The summed E-state index contributed by atoms with van der Waals surface area (Å²) in [6, 6.07) is 8.10. The maximum atomic E-state index is 12.4. The van der Waals surface area contributed by atoms with Crippen molar-refractivity contribution in [1.29, 1.82) is 0 Å². The molecule has 0 saturated heterocycles. The zero-order valence-electron chi connectivity index (χ0n) is 10.1. The second-order valence-electron chi connectivity index (χ2n) is 5.38. The van der Waals surface area contributed by atoms with Gasteiger partial charge in [0.25, 0.3) is 0 Å². The van der Waals surface area contributed by atoms with Gasteiger partial charge in [-0.05, 0) is 38.3 Å². The number of hydrogen-bond acceptors (Lipinski definition) is 2. The van der Waals surface area contributed by atoms with Gasteiger partial charge in [0.2, 0.25) is 0 Å². The van der Waals surface area contributed by atoms with Gasteiger partial charge in [-0.1, -0.05) is 24.3 Å². The van der Waals surface area contributed by atoms with E-state index in [2.05, 4.69) is 12.1 Å². The second-order valence-corrected chi connectivity index (χ2v) is 7.80. The SMILES string of the molecule is CC(C)(C)S(=O)C1Cc2ccccc2C1N. The molecule has 0 aliphatic heterocycles. The summed E-state index contributed by atoms with van der Waals surface area (Å²) in [4.78, 5) is 0. The van der Waals surface area contributed by atoms with Crippen LogP contribution in [0.3, 0.4) is 0 Å². The topological polar surface area (TPSA) is 43.1 Å². The molecule has 1 aromatic rings. The first-order valence-electron chi connectivity index (χ1n) is 5.65. The molecule has 0 amide bonds. The molecule has 3 unspecified atom stereocenters. The molecule has 2 N–H and O–H groups in total. The number of rotatable bonds is 1. The molecule has 1 aromatic carbocycles. The van der Waals surface area contributed by atoms with Crippen molar-refractivity contribution in [2.24, 2.45) is 5.73 Å². The molecule has 0 spiro atoms. The summed E-state index contributed by atoms with van der Waals surface area (Å²) in [7, 11) is -0.894. The normalized spacial score (nSPS) is 26.5. The molecule has 0 bridgehead atoms. The fourth-order valence-electron chi connectivity index (χ4n) is 2.25. The lowest BCUT2D eigenvalue weighted by molar-refractivity contribution is 0.613. The van der Waals surface area contributed by atoms with Gasteiger partial charge in [-0.2, -0.15) is 0 Å². The van der Waals surface area contributed by atoms with Crippen LogP contribution in [0.5, 0.6) is 0 Å². The first-order valence-corrected chi connectivity index (χ1v) is 6.86. The molecule has 2 rings (SSSR count). The predicted octanol–water partition coefficient (Wildman–Crippen LogP) is 2.16. The summed E-state index contributed by atoms with van der Waals surface area (Å²) in [6.07, 6.45) is 0.848. The number of nitrogens with two attached hydrogens (primary N) is 1. The summed E-state index contributed by atoms with van der Waals surface area (Å²) in [5, 5.41) is 0.0670. The first-order chi connectivity index (χ1) is 7.41. The molecular weight excluding hydrogens is 218 g/mol. The van der Waals surface area contributed by atoms with Crippen LogP contribution in [-0.2, 0) is 17.2 Å². The van der Waals surface area contributed by atoms with Gasteiger partial charge in [-0.25, -0.2) is 0 Å². The predicted molar refractivity (Wildman–Crippen MR) is 68.8 cm³/mol. The monoisotopic (exact) mass is 237 g/mol. The van der Waals surface area contributed by atoms with E-state index in [9.17, 15) is 4.21 Å². The third kappa shape index (κ3) is 1.94. The molecule has 3 heteroatoms. The van der Waals surface area contributed by atoms with Gasteiger partial charge in [0.1, 0.15) is 0 Å². The fraction of sp³-hybridized carbons (Fsp3) is 0.538. The Morgan fingerprint density at radius 1 is 1.31 bits per heavy atom. The number of hydrogen-bond donors (Lipinski definition) is 1. The van der Waals surface area contributed by atoms with Crippen molar-refractivity contribution in [3.63, 3.8) is 0 Å². The zero-order valence-corrected chi connectivity index (χ0v) is 10.9. The van der Waals surface area contributed by atoms with E-state index in [1.54, 1.807) is 0 Å². The third-order valence-corrected chi connectivity index (χ3v) is 5.33.